The number of carbonyl (C=O) groups excluding carboxylic acids is 1. The summed E-state index contributed by atoms with van der Waals surface area (Å²) in [4.78, 5) is 24.5. The predicted octanol–water partition coefficient (Wildman–Crippen LogP) is 1.57. The highest BCUT2D eigenvalue weighted by Gasteiger charge is 2.32. The lowest BCUT2D eigenvalue weighted by Gasteiger charge is -2.24. The normalized spacial score (nSPS) is 18.8. The quantitative estimate of drug-likeness (QED) is 0.670. The van der Waals surface area contributed by atoms with Gasteiger partial charge in [0.2, 0.25) is 0 Å². The van der Waals surface area contributed by atoms with Gasteiger partial charge in [-0.25, -0.2) is 0 Å². The van der Waals surface area contributed by atoms with E-state index in [1.165, 1.54) is 12.3 Å². The van der Waals surface area contributed by atoms with Gasteiger partial charge in [0, 0.05) is 18.7 Å². The van der Waals surface area contributed by atoms with Crippen LogP contribution >= 0.6 is 0 Å². The van der Waals surface area contributed by atoms with E-state index < -0.39 is 4.92 Å². The molecule has 2 heterocycles. The Balaban J connectivity index is 2.35. The highest BCUT2D eigenvalue weighted by Crippen LogP contribution is 2.25. The van der Waals surface area contributed by atoms with Crippen molar-refractivity contribution < 1.29 is 14.8 Å². The Labute approximate surface area is 116 Å². The first-order chi connectivity index (χ1) is 9.45. The number of nitrogens with zero attached hydrogens (tertiary/aromatic N) is 3. The molecular weight excluding hydrogens is 262 g/mol. The molecule has 0 saturated carbocycles. The van der Waals surface area contributed by atoms with E-state index in [0.717, 1.165) is 12.8 Å². The number of carbonyl (C=O) groups is 1. The summed E-state index contributed by atoms with van der Waals surface area (Å²) >= 11 is 0. The average Bonchev–Trinajstić information content (AvgIpc) is 3.04. The SMILES string of the molecule is CC(C)n1cc([N+](=O)[O-])cc1C(=O)N1CCC[C@H]1CO. The molecule has 1 aliphatic heterocycles. The van der Waals surface area contributed by atoms with Crippen molar-refractivity contribution in [2.45, 2.75) is 38.8 Å². The van der Waals surface area contributed by atoms with Gasteiger partial charge < -0.3 is 14.6 Å². The van der Waals surface area contributed by atoms with Crippen LogP contribution in [0.2, 0.25) is 0 Å². The van der Waals surface area contributed by atoms with Crippen LogP contribution in [-0.2, 0) is 0 Å². The van der Waals surface area contributed by atoms with Crippen LogP contribution in [0.5, 0.6) is 0 Å². The van der Waals surface area contributed by atoms with Gasteiger partial charge >= 0.3 is 0 Å². The second-order valence-corrected chi connectivity index (χ2v) is 5.32. The van der Waals surface area contributed by atoms with E-state index >= 15 is 0 Å². The Morgan fingerprint density at radius 3 is 2.85 bits per heavy atom. The van der Waals surface area contributed by atoms with Crippen molar-refractivity contribution in [3.63, 3.8) is 0 Å². The zero-order valence-electron chi connectivity index (χ0n) is 11.7. The maximum atomic E-state index is 12.5. The number of aromatic nitrogens is 1. The van der Waals surface area contributed by atoms with Crippen molar-refractivity contribution in [2.75, 3.05) is 13.2 Å². The van der Waals surface area contributed by atoms with Gasteiger partial charge in [-0.3, -0.25) is 14.9 Å². The average molecular weight is 281 g/mol. The first-order valence-corrected chi connectivity index (χ1v) is 6.73. The zero-order valence-corrected chi connectivity index (χ0v) is 11.7. The molecule has 20 heavy (non-hydrogen) atoms. The summed E-state index contributed by atoms with van der Waals surface area (Å²) < 4.78 is 1.62. The molecule has 1 fully saturated rings. The van der Waals surface area contributed by atoms with Crippen LogP contribution in [0.3, 0.4) is 0 Å². The first-order valence-electron chi connectivity index (χ1n) is 6.73. The molecular formula is C13H19N3O4. The lowest BCUT2D eigenvalue weighted by molar-refractivity contribution is -0.384. The topological polar surface area (TPSA) is 88.6 Å². The number of nitro groups is 1. The summed E-state index contributed by atoms with van der Waals surface area (Å²) in [6.07, 6.45) is 3.01. The first kappa shape index (κ1) is 14.5. The summed E-state index contributed by atoms with van der Waals surface area (Å²) in [5, 5.41) is 20.2. The van der Waals surface area contributed by atoms with Crippen LogP contribution in [0.4, 0.5) is 5.69 Å². The molecule has 7 nitrogen and oxygen atoms in total. The van der Waals surface area contributed by atoms with Crippen LogP contribution in [0.15, 0.2) is 12.3 Å². The maximum Gasteiger partial charge on any atom is 0.287 e. The van der Waals surface area contributed by atoms with E-state index in [1.54, 1.807) is 9.47 Å². The Bertz CT molecular complexity index is 524. The molecule has 0 unspecified atom stereocenters. The number of hydrogen-bond acceptors (Lipinski definition) is 4. The fourth-order valence-corrected chi connectivity index (χ4v) is 2.60. The second-order valence-electron chi connectivity index (χ2n) is 5.32. The summed E-state index contributed by atoms with van der Waals surface area (Å²) in [6, 6.07) is 1.09. The number of aliphatic hydroxyl groups is 1. The monoisotopic (exact) mass is 281 g/mol. The number of aliphatic hydroxyl groups excluding tert-OH is 1. The largest absolute Gasteiger partial charge is 0.394 e. The van der Waals surface area contributed by atoms with Gasteiger partial charge in [-0.15, -0.1) is 0 Å². The van der Waals surface area contributed by atoms with E-state index in [-0.39, 0.29) is 30.3 Å². The van der Waals surface area contributed by atoms with Crippen molar-refractivity contribution in [3.8, 4) is 0 Å². The fraction of sp³-hybridized carbons (Fsp3) is 0.615. The van der Waals surface area contributed by atoms with Crippen molar-refractivity contribution in [1.82, 2.24) is 9.47 Å². The summed E-state index contributed by atoms with van der Waals surface area (Å²) in [7, 11) is 0. The third-order valence-electron chi connectivity index (χ3n) is 3.67. The molecule has 0 radical (unpaired) electrons. The van der Waals surface area contributed by atoms with Gasteiger partial charge in [0.15, 0.2) is 0 Å². The number of hydrogen-bond donors (Lipinski definition) is 1. The van der Waals surface area contributed by atoms with Gasteiger partial charge in [-0.1, -0.05) is 0 Å². The van der Waals surface area contributed by atoms with E-state index in [0.29, 0.717) is 12.2 Å². The fourth-order valence-electron chi connectivity index (χ4n) is 2.60. The molecule has 2 rings (SSSR count). The molecule has 1 aromatic heterocycles. The highest BCUT2D eigenvalue weighted by molar-refractivity contribution is 5.94. The lowest BCUT2D eigenvalue weighted by atomic mass is 10.2. The third kappa shape index (κ3) is 2.53. The number of rotatable bonds is 4. The van der Waals surface area contributed by atoms with Gasteiger partial charge in [-0.05, 0) is 26.7 Å². The predicted molar refractivity (Wildman–Crippen MR) is 72.6 cm³/mol. The van der Waals surface area contributed by atoms with E-state index in [1.807, 2.05) is 13.8 Å². The van der Waals surface area contributed by atoms with Crippen LogP contribution in [0, 0.1) is 10.1 Å². The smallest absolute Gasteiger partial charge is 0.287 e. The van der Waals surface area contributed by atoms with Crippen molar-refractivity contribution in [3.05, 3.63) is 28.1 Å². The van der Waals surface area contributed by atoms with Gasteiger partial charge in [-0.2, -0.15) is 0 Å². The van der Waals surface area contributed by atoms with Crippen molar-refractivity contribution in [1.29, 1.82) is 0 Å². The third-order valence-corrected chi connectivity index (χ3v) is 3.67. The molecule has 1 aromatic rings. The minimum absolute atomic E-state index is 0.0437. The summed E-state index contributed by atoms with van der Waals surface area (Å²) in [5.74, 6) is -0.247. The maximum absolute atomic E-state index is 12.5. The Hall–Kier alpha value is -1.89. The van der Waals surface area contributed by atoms with Crippen molar-refractivity contribution >= 4 is 11.6 Å². The number of amides is 1. The Morgan fingerprint density at radius 1 is 1.60 bits per heavy atom. The Kier molecular flexibility index (Phi) is 4.08. The molecule has 0 aromatic carbocycles. The van der Waals surface area contributed by atoms with Gasteiger partial charge in [0.1, 0.15) is 5.69 Å². The summed E-state index contributed by atoms with van der Waals surface area (Å²) in [6.45, 7) is 4.25. The molecule has 0 bridgehead atoms. The Morgan fingerprint density at radius 2 is 2.30 bits per heavy atom. The van der Waals surface area contributed by atoms with E-state index in [2.05, 4.69) is 0 Å². The van der Waals surface area contributed by atoms with Crippen LogP contribution in [0.1, 0.15) is 43.2 Å². The molecule has 1 amide bonds. The zero-order chi connectivity index (χ0) is 14.9. The minimum atomic E-state index is -0.497. The second kappa shape index (κ2) is 5.62. The molecule has 110 valence electrons. The molecule has 1 aliphatic rings. The minimum Gasteiger partial charge on any atom is -0.394 e. The van der Waals surface area contributed by atoms with Crippen LogP contribution in [0.25, 0.3) is 0 Å². The van der Waals surface area contributed by atoms with Gasteiger partial charge in [0.05, 0.1) is 23.8 Å². The highest BCUT2D eigenvalue weighted by atomic mass is 16.6. The lowest BCUT2D eigenvalue weighted by Crippen LogP contribution is -2.38. The molecule has 1 saturated heterocycles. The van der Waals surface area contributed by atoms with Crippen LogP contribution in [-0.4, -0.2) is 44.6 Å². The van der Waals surface area contributed by atoms with Crippen LogP contribution < -0.4 is 0 Å². The molecule has 0 aliphatic carbocycles. The summed E-state index contributed by atoms with van der Waals surface area (Å²) in [5.41, 5.74) is 0.230. The molecule has 1 N–H and O–H groups in total. The van der Waals surface area contributed by atoms with E-state index in [9.17, 15) is 20.0 Å². The van der Waals surface area contributed by atoms with E-state index in [4.69, 9.17) is 0 Å². The molecule has 7 heteroatoms. The molecule has 0 spiro atoms. The van der Waals surface area contributed by atoms with Crippen molar-refractivity contribution in [2.24, 2.45) is 0 Å². The standard InChI is InChI=1S/C13H19N3O4/c1-9(2)15-7-11(16(19)20)6-12(15)13(18)14-5-3-4-10(14)8-17/h6-7,9-10,17H,3-5,8H2,1-2H3/t10-/m0/s1. The van der Waals surface area contributed by atoms with Gasteiger partial charge in [0.25, 0.3) is 11.6 Å². The number of likely N-dealkylation sites (tertiary alicyclic amines) is 1. The molecule has 1 atom stereocenters.